The molecule has 174 valence electrons. The average Bonchev–Trinajstić information content (AvgIpc) is 3.08. The Balaban J connectivity index is 1.37. The third-order valence-corrected chi connectivity index (χ3v) is 7.55. The van der Waals surface area contributed by atoms with E-state index in [2.05, 4.69) is 5.32 Å². The van der Waals surface area contributed by atoms with Crippen molar-refractivity contribution in [3.8, 4) is 5.75 Å². The summed E-state index contributed by atoms with van der Waals surface area (Å²) in [5.74, 6) is -0.00536. The van der Waals surface area contributed by atoms with Crippen LogP contribution in [0.25, 0.3) is 11.0 Å². The molecule has 2 heterocycles. The Morgan fingerprint density at radius 2 is 1.73 bits per heavy atom. The first-order valence-corrected chi connectivity index (χ1v) is 12.3. The third kappa shape index (κ3) is 5.43. The van der Waals surface area contributed by atoms with Gasteiger partial charge in [-0.1, -0.05) is 12.8 Å². The molecule has 0 atom stereocenters. The smallest absolute Gasteiger partial charge is 0.336 e. The predicted octanol–water partition coefficient (Wildman–Crippen LogP) is 3.68. The molecule has 0 bridgehead atoms. The number of carbonyl (C=O) groups is 1. The zero-order chi connectivity index (χ0) is 23.4. The van der Waals surface area contributed by atoms with Gasteiger partial charge in [-0.05, 0) is 61.7 Å². The Bertz CT molecular complexity index is 1310. The van der Waals surface area contributed by atoms with Crippen molar-refractivity contribution in [1.29, 1.82) is 0 Å². The van der Waals surface area contributed by atoms with Crippen LogP contribution in [0.15, 0.2) is 62.6 Å². The molecule has 3 aromatic rings. The van der Waals surface area contributed by atoms with Crippen molar-refractivity contribution in [2.75, 3.05) is 25.0 Å². The minimum Gasteiger partial charge on any atom is -0.484 e. The fraction of sp³-hybridized carbons (Fsp3) is 0.333. The molecule has 0 aliphatic carbocycles. The van der Waals surface area contributed by atoms with Gasteiger partial charge in [0.15, 0.2) is 6.61 Å². The molecule has 2 aromatic carbocycles. The first-order chi connectivity index (χ1) is 15.8. The monoisotopic (exact) mass is 470 g/mol. The van der Waals surface area contributed by atoms with Crippen LogP contribution < -0.4 is 15.7 Å². The number of amides is 1. The fourth-order valence-corrected chi connectivity index (χ4v) is 5.40. The minimum atomic E-state index is -3.54. The van der Waals surface area contributed by atoms with Crippen molar-refractivity contribution in [1.82, 2.24) is 4.31 Å². The van der Waals surface area contributed by atoms with Crippen molar-refractivity contribution >= 4 is 32.6 Å². The van der Waals surface area contributed by atoms with E-state index < -0.39 is 21.6 Å². The van der Waals surface area contributed by atoms with E-state index in [1.165, 1.54) is 22.5 Å². The highest BCUT2D eigenvalue weighted by molar-refractivity contribution is 7.89. The van der Waals surface area contributed by atoms with Crippen LogP contribution >= 0.6 is 0 Å². The number of fused-ring (bicyclic) bond motifs is 1. The number of nitrogens with one attached hydrogen (secondary N) is 1. The number of nitrogens with zero attached hydrogens (tertiary/aromatic N) is 1. The maximum absolute atomic E-state index is 12.9. The van der Waals surface area contributed by atoms with E-state index in [9.17, 15) is 18.0 Å². The molecule has 8 nitrogen and oxygen atoms in total. The van der Waals surface area contributed by atoms with Gasteiger partial charge in [0.2, 0.25) is 10.0 Å². The Labute approximate surface area is 192 Å². The van der Waals surface area contributed by atoms with E-state index in [1.807, 2.05) is 6.92 Å². The van der Waals surface area contributed by atoms with Crippen LogP contribution in [0.5, 0.6) is 5.75 Å². The van der Waals surface area contributed by atoms with Gasteiger partial charge in [-0.3, -0.25) is 4.79 Å². The highest BCUT2D eigenvalue weighted by Gasteiger charge is 2.25. The number of anilines is 1. The van der Waals surface area contributed by atoms with E-state index in [0.29, 0.717) is 30.1 Å². The Morgan fingerprint density at radius 3 is 2.42 bits per heavy atom. The number of carbonyl (C=O) groups excluding carboxylic acids is 1. The molecule has 1 amide bonds. The van der Waals surface area contributed by atoms with Crippen molar-refractivity contribution < 1.29 is 22.4 Å². The second kappa shape index (κ2) is 9.76. The molecule has 1 N–H and O–H groups in total. The Morgan fingerprint density at radius 1 is 1.03 bits per heavy atom. The highest BCUT2D eigenvalue weighted by Crippen LogP contribution is 2.23. The lowest BCUT2D eigenvalue weighted by molar-refractivity contribution is -0.118. The molecule has 1 fully saturated rings. The zero-order valence-corrected chi connectivity index (χ0v) is 19.2. The summed E-state index contributed by atoms with van der Waals surface area (Å²) in [6.45, 7) is 2.64. The standard InChI is InChI=1S/C24H26N2O6S/c1-17-14-24(28)32-22-15-19(8-11-21(17)22)31-16-23(27)25-18-6-9-20(10-7-18)33(29,30)26-12-4-2-3-5-13-26/h6-11,14-15H,2-5,12-13,16H2,1H3,(H,25,27). The van der Waals surface area contributed by atoms with Crippen LogP contribution in [-0.2, 0) is 14.8 Å². The Kier molecular flexibility index (Phi) is 6.80. The number of benzene rings is 2. The molecule has 0 radical (unpaired) electrons. The summed E-state index contributed by atoms with van der Waals surface area (Å²) in [6.07, 6.45) is 3.84. The topological polar surface area (TPSA) is 106 Å². The van der Waals surface area contributed by atoms with Gasteiger partial charge in [0.25, 0.3) is 5.91 Å². The molecule has 1 saturated heterocycles. The number of rotatable bonds is 6. The minimum absolute atomic E-state index is 0.214. The van der Waals surface area contributed by atoms with E-state index in [4.69, 9.17) is 9.15 Å². The molecule has 1 aliphatic rings. The fourth-order valence-electron chi connectivity index (χ4n) is 3.88. The lowest BCUT2D eigenvalue weighted by atomic mass is 10.1. The first kappa shape index (κ1) is 23.0. The summed E-state index contributed by atoms with van der Waals surface area (Å²) in [6, 6.07) is 12.6. The molecule has 1 aromatic heterocycles. The summed E-state index contributed by atoms with van der Waals surface area (Å²) in [5, 5.41) is 3.48. The SMILES string of the molecule is Cc1cc(=O)oc2cc(OCC(=O)Nc3ccc(S(=O)(=O)N4CCCCCC4)cc3)ccc12. The molecule has 33 heavy (non-hydrogen) atoms. The van der Waals surface area contributed by atoms with Crippen LogP contribution in [0.2, 0.25) is 0 Å². The van der Waals surface area contributed by atoms with E-state index >= 15 is 0 Å². The van der Waals surface area contributed by atoms with Crippen LogP contribution in [-0.4, -0.2) is 38.3 Å². The van der Waals surface area contributed by atoms with E-state index in [-0.39, 0.29) is 11.5 Å². The molecular weight excluding hydrogens is 444 g/mol. The lowest BCUT2D eigenvalue weighted by Gasteiger charge is -2.20. The van der Waals surface area contributed by atoms with E-state index in [0.717, 1.165) is 36.6 Å². The molecule has 0 spiro atoms. The summed E-state index contributed by atoms with van der Waals surface area (Å²) >= 11 is 0. The van der Waals surface area contributed by atoms with Gasteiger partial charge >= 0.3 is 5.63 Å². The highest BCUT2D eigenvalue weighted by atomic mass is 32.2. The maximum Gasteiger partial charge on any atom is 0.336 e. The van der Waals surface area contributed by atoms with Crippen molar-refractivity contribution in [3.05, 3.63) is 64.5 Å². The molecule has 0 saturated carbocycles. The largest absolute Gasteiger partial charge is 0.484 e. The molecule has 4 rings (SSSR count). The second-order valence-corrected chi connectivity index (χ2v) is 10.0. The number of ether oxygens (including phenoxy) is 1. The maximum atomic E-state index is 12.9. The van der Waals surface area contributed by atoms with Gasteiger partial charge in [-0.2, -0.15) is 4.31 Å². The Hall–Kier alpha value is -3.17. The lowest BCUT2D eigenvalue weighted by Crippen LogP contribution is -2.31. The van der Waals surface area contributed by atoms with Crippen LogP contribution in [0, 0.1) is 6.92 Å². The summed E-state index contributed by atoms with van der Waals surface area (Å²) in [4.78, 5) is 24.1. The number of sulfonamides is 1. The quantitative estimate of drug-likeness (QED) is 0.551. The normalized spacial score (nSPS) is 15.2. The summed E-state index contributed by atoms with van der Waals surface area (Å²) in [5.41, 5.74) is 1.21. The second-order valence-electron chi connectivity index (χ2n) is 8.09. The molecule has 9 heteroatoms. The van der Waals surface area contributed by atoms with E-state index in [1.54, 1.807) is 30.3 Å². The van der Waals surface area contributed by atoms with Gasteiger partial charge in [-0.15, -0.1) is 0 Å². The zero-order valence-electron chi connectivity index (χ0n) is 18.4. The number of aryl methyl sites for hydroxylation is 1. The first-order valence-electron chi connectivity index (χ1n) is 10.9. The predicted molar refractivity (Wildman–Crippen MR) is 125 cm³/mol. The van der Waals surface area contributed by atoms with Crippen LogP contribution in [0.3, 0.4) is 0 Å². The van der Waals surface area contributed by atoms with Crippen LogP contribution in [0.4, 0.5) is 5.69 Å². The summed E-state index contributed by atoms with van der Waals surface area (Å²) < 4.78 is 38.0. The van der Waals surface area contributed by atoms with Crippen molar-refractivity contribution in [3.63, 3.8) is 0 Å². The summed E-state index contributed by atoms with van der Waals surface area (Å²) in [7, 11) is -3.54. The van der Waals surface area contributed by atoms with Gasteiger partial charge in [0, 0.05) is 36.3 Å². The average molecular weight is 471 g/mol. The van der Waals surface area contributed by atoms with Gasteiger partial charge in [0.05, 0.1) is 4.90 Å². The third-order valence-electron chi connectivity index (χ3n) is 5.63. The van der Waals surface area contributed by atoms with Crippen molar-refractivity contribution in [2.24, 2.45) is 0 Å². The molecule has 1 aliphatic heterocycles. The van der Waals surface area contributed by atoms with Crippen LogP contribution in [0.1, 0.15) is 31.2 Å². The van der Waals surface area contributed by atoms with Gasteiger partial charge < -0.3 is 14.5 Å². The molecule has 0 unspecified atom stereocenters. The van der Waals surface area contributed by atoms with Crippen molar-refractivity contribution in [2.45, 2.75) is 37.5 Å². The number of hydrogen-bond donors (Lipinski definition) is 1. The molecular formula is C24H26N2O6S. The number of hydrogen-bond acceptors (Lipinski definition) is 6. The van der Waals surface area contributed by atoms with Gasteiger partial charge in [0.1, 0.15) is 11.3 Å². The van der Waals surface area contributed by atoms with Gasteiger partial charge in [-0.25, -0.2) is 13.2 Å².